The van der Waals surface area contributed by atoms with Crippen LogP contribution < -0.4 is 32.3 Å². The van der Waals surface area contributed by atoms with Gasteiger partial charge in [-0.25, -0.2) is 14.4 Å². The van der Waals surface area contributed by atoms with Crippen molar-refractivity contribution in [1.82, 2.24) is 36.0 Å². The maximum Gasteiger partial charge on any atom is 0.410 e. The lowest BCUT2D eigenvalue weighted by Gasteiger charge is -2.39. The largest absolute Gasteiger partial charge is 0.457 e. The van der Waals surface area contributed by atoms with Crippen molar-refractivity contribution in [1.29, 1.82) is 0 Å². The fraction of sp³-hybridized carbons (Fsp3) is 0.636. The molecule has 5 rings (SSSR count). The number of nitrogens with one attached hydrogen (secondary N) is 5. The Morgan fingerprint density at radius 3 is 2.23 bits per heavy atom. The highest BCUT2D eigenvalue weighted by Gasteiger charge is 2.47. The number of esters is 2. The molecule has 0 saturated carbocycles. The number of unbranched alkanes of at least 4 members (excludes halogenated alkanes) is 2. The molecular weight excluding hydrogens is 1210 g/mol. The van der Waals surface area contributed by atoms with Crippen LogP contribution in [0, 0.1) is 17.8 Å². The van der Waals surface area contributed by atoms with E-state index in [-0.39, 0.29) is 120 Å². The number of hydrogen-bond acceptors (Lipinski definition) is 19. The van der Waals surface area contributed by atoms with E-state index in [1.165, 1.54) is 24.0 Å². The van der Waals surface area contributed by atoms with Gasteiger partial charge in [-0.15, -0.1) is 0 Å². The average molecular weight is 1310 g/mol. The Balaban J connectivity index is 1.09. The SMILES string of the molecule is CC[C@H](O)[C@@H](C)[C@H]1O[C@@H]1C[C@@](C)(O)/C=C/C=C(\C)[C@H]1OC(=O)C[C@H](O)CC[C@@](C)(OC(C)=O)[C@@H](OC(=O)N2CCN(CCNC(=O)OCc3ccc(NC(=O)[C@H](CCCNC(N)=O)NC(=O)[C@@H](NC(=O)CCCCCN4C(=O)C=CC4=O)C(C)C)cc3)CC2)/C=C\[C@@H]1C. The third kappa shape index (κ3) is 25.6. The van der Waals surface area contributed by atoms with E-state index in [2.05, 4.69) is 31.5 Å². The topological polar surface area (TPSA) is 377 Å². The highest BCUT2D eigenvalue weighted by atomic mass is 16.6. The molecule has 12 atom stereocenters. The number of imide groups is 1. The third-order valence-corrected chi connectivity index (χ3v) is 16.9. The lowest BCUT2D eigenvalue weighted by atomic mass is 9.88. The molecule has 0 aliphatic carbocycles. The number of primary amides is 1. The molecule has 2 fully saturated rings. The van der Waals surface area contributed by atoms with E-state index < -0.39 is 95.6 Å². The van der Waals surface area contributed by atoms with Crippen LogP contribution in [-0.2, 0) is 63.9 Å². The molecule has 1 aromatic rings. The van der Waals surface area contributed by atoms with Crippen LogP contribution in [0.15, 0.2) is 72.4 Å². The van der Waals surface area contributed by atoms with Crippen molar-refractivity contribution in [3.05, 3.63) is 77.9 Å². The molecule has 0 radical (unpaired) electrons. The van der Waals surface area contributed by atoms with Gasteiger partial charge in [0.05, 0.1) is 36.4 Å². The minimum Gasteiger partial charge on any atom is -0.457 e. The van der Waals surface area contributed by atoms with Gasteiger partial charge in [-0.3, -0.25) is 43.4 Å². The third-order valence-electron chi connectivity index (χ3n) is 16.9. The number of hydrogen-bond donors (Lipinski definition) is 9. The number of urea groups is 1. The summed E-state index contributed by atoms with van der Waals surface area (Å²) >= 11 is 0. The van der Waals surface area contributed by atoms with E-state index in [1.807, 2.05) is 20.8 Å². The number of carbonyl (C=O) groups excluding carboxylic acids is 10. The van der Waals surface area contributed by atoms with Gasteiger partial charge in [0.15, 0.2) is 6.10 Å². The Kier molecular flexibility index (Phi) is 30.0. The van der Waals surface area contributed by atoms with Crippen molar-refractivity contribution in [2.45, 2.75) is 199 Å². The van der Waals surface area contributed by atoms with Crippen molar-refractivity contribution < 1.29 is 86.9 Å². The molecule has 4 heterocycles. The number of nitrogens with two attached hydrogens (primary N) is 1. The Bertz CT molecular complexity index is 2840. The van der Waals surface area contributed by atoms with E-state index in [0.29, 0.717) is 68.6 Å². The van der Waals surface area contributed by atoms with Gasteiger partial charge in [-0.05, 0) is 101 Å². The number of benzene rings is 1. The summed E-state index contributed by atoms with van der Waals surface area (Å²) in [5.74, 6) is -4.50. The first-order chi connectivity index (χ1) is 44.0. The molecule has 0 spiro atoms. The van der Waals surface area contributed by atoms with Gasteiger partial charge < -0.3 is 76.2 Å². The number of rotatable bonds is 31. The molecule has 516 valence electrons. The molecule has 0 unspecified atom stereocenters. The normalized spacial score (nSPS) is 24.4. The number of epoxide rings is 1. The molecule has 27 heteroatoms. The minimum absolute atomic E-state index is 0.00545. The van der Waals surface area contributed by atoms with Gasteiger partial charge >= 0.3 is 30.2 Å². The van der Waals surface area contributed by atoms with E-state index in [9.17, 15) is 63.3 Å². The van der Waals surface area contributed by atoms with E-state index in [0.717, 1.165) is 4.90 Å². The zero-order chi connectivity index (χ0) is 68.6. The number of alkyl carbamates (subject to hydrolysis) is 1. The van der Waals surface area contributed by atoms with Gasteiger partial charge in [0.2, 0.25) is 17.7 Å². The van der Waals surface area contributed by atoms with Crippen LogP contribution in [0.1, 0.15) is 139 Å². The number of aliphatic hydroxyl groups is 3. The predicted molar refractivity (Wildman–Crippen MR) is 342 cm³/mol. The van der Waals surface area contributed by atoms with Crippen LogP contribution in [0.5, 0.6) is 0 Å². The lowest BCUT2D eigenvalue weighted by Crippen LogP contribution is -2.54. The number of amides is 9. The number of ether oxygens (including phenoxy) is 5. The van der Waals surface area contributed by atoms with Crippen molar-refractivity contribution in [2.24, 2.45) is 23.5 Å². The molecule has 27 nitrogen and oxygen atoms in total. The first kappa shape index (κ1) is 76.0. The zero-order valence-electron chi connectivity index (χ0n) is 55.2. The Labute approximate surface area is 544 Å². The number of allylic oxidation sites excluding steroid dienone is 2. The Hall–Kier alpha value is -7.72. The summed E-state index contributed by atoms with van der Waals surface area (Å²) in [6.07, 6.45) is 8.08. The summed E-state index contributed by atoms with van der Waals surface area (Å²) in [4.78, 5) is 132. The van der Waals surface area contributed by atoms with Gasteiger partial charge in [0.1, 0.15) is 30.4 Å². The zero-order valence-corrected chi connectivity index (χ0v) is 55.2. The molecule has 4 aliphatic rings. The smallest absolute Gasteiger partial charge is 0.410 e. The fourth-order valence-corrected chi connectivity index (χ4v) is 11.2. The molecule has 4 aliphatic heterocycles. The van der Waals surface area contributed by atoms with Crippen molar-refractivity contribution >= 4 is 65.4 Å². The fourth-order valence-electron chi connectivity index (χ4n) is 11.2. The summed E-state index contributed by atoms with van der Waals surface area (Å²) < 4.78 is 29.2. The molecule has 1 aromatic carbocycles. The van der Waals surface area contributed by atoms with Crippen LogP contribution in [0.25, 0.3) is 0 Å². The quantitative estimate of drug-likeness (QED) is 0.00950. The van der Waals surface area contributed by atoms with Gasteiger partial charge in [0, 0.05) is 102 Å². The first-order valence-corrected chi connectivity index (χ1v) is 32.3. The van der Waals surface area contributed by atoms with Gasteiger partial charge in [-0.1, -0.05) is 77.5 Å². The monoisotopic (exact) mass is 1310 g/mol. The molecule has 93 heavy (non-hydrogen) atoms. The number of anilines is 1. The van der Waals surface area contributed by atoms with E-state index in [4.69, 9.17) is 29.4 Å². The van der Waals surface area contributed by atoms with Gasteiger partial charge in [0.25, 0.3) is 11.8 Å². The number of cyclic esters (lactones) is 1. The van der Waals surface area contributed by atoms with Crippen LogP contribution in [-0.4, -0.2) is 202 Å². The molecule has 0 bridgehead atoms. The van der Waals surface area contributed by atoms with E-state index >= 15 is 0 Å². The van der Waals surface area contributed by atoms with Crippen LogP contribution in [0.4, 0.5) is 20.1 Å². The molecule has 10 N–H and O–H groups in total. The van der Waals surface area contributed by atoms with Crippen molar-refractivity contribution in [2.75, 3.05) is 57.7 Å². The maximum absolute atomic E-state index is 14.0. The molecular formula is C66H99N9O18. The second-order valence-corrected chi connectivity index (χ2v) is 25.3. The standard InChI is InChI=1S/C66H99N9O18/c1-10-50(78)44(6)59-51(90-59)39-65(8,88)28-14-16-42(4)58-43(5)19-24-52(66(9,93-45(7)76)29-27-48(77)38-56(82)92-58)91-64(87)74-36-34-73(35-37-74)33-31-69-63(86)89-40-46-20-22-47(23-21-46)70-60(83)49(17-15-30-68-62(67)85)71-61(84)57(41(2)3)72-53(79)18-12-11-13-32-75-54(80)25-26-55(75)81/h14,16,19-26,28,41,43-44,48-52,57-59,77-78,88H,10-13,15,17-18,27,29-40H2,1-9H3,(H,69,86)(H,70,83)(H,71,84)(H,72,79)(H3,67,68,85)/b24-19-,28-14+,42-16+/t43-,44+,48+,49-,50-,51+,52-,57-,58+,59+,65-,66+/m0/s1. The lowest BCUT2D eigenvalue weighted by molar-refractivity contribution is -0.168. The van der Waals surface area contributed by atoms with Crippen molar-refractivity contribution in [3.8, 4) is 0 Å². The number of nitrogens with zero attached hydrogens (tertiary/aromatic N) is 3. The summed E-state index contributed by atoms with van der Waals surface area (Å²) in [5, 5.41) is 46.0. The molecule has 0 aromatic heterocycles. The summed E-state index contributed by atoms with van der Waals surface area (Å²) in [6.45, 7) is 17.8. The van der Waals surface area contributed by atoms with E-state index in [1.54, 1.807) is 89.3 Å². The average Bonchev–Trinajstić information content (AvgIpc) is 1.78. The minimum atomic E-state index is -1.45. The van der Waals surface area contributed by atoms with Crippen LogP contribution >= 0.6 is 0 Å². The number of aliphatic hydroxyl groups excluding tert-OH is 2. The van der Waals surface area contributed by atoms with Crippen LogP contribution in [0.2, 0.25) is 0 Å². The van der Waals surface area contributed by atoms with Crippen LogP contribution in [0.3, 0.4) is 0 Å². The molecule has 2 saturated heterocycles. The highest BCUT2D eigenvalue weighted by molar-refractivity contribution is 6.12. The number of carbonyl (C=O) groups is 10. The van der Waals surface area contributed by atoms with Gasteiger partial charge in [-0.2, -0.15) is 0 Å². The second kappa shape index (κ2) is 36.7. The van der Waals surface area contributed by atoms with Crippen molar-refractivity contribution in [3.63, 3.8) is 0 Å². The molecule has 9 amide bonds. The highest BCUT2D eigenvalue weighted by Crippen LogP contribution is 2.38. The maximum atomic E-state index is 14.0. The number of piperazine rings is 1. The summed E-state index contributed by atoms with van der Waals surface area (Å²) in [6, 6.07) is 3.69. The predicted octanol–water partition coefficient (Wildman–Crippen LogP) is 4.32. The Morgan fingerprint density at radius 2 is 1.58 bits per heavy atom. The second-order valence-electron chi connectivity index (χ2n) is 25.3. The summed E-state index contributed by atoms with van der Waals surface area (Å²) in [5.41, 5.74) is 4.12. The first-order valence-electron chi connectivity index (χ1n) is 32.3. The summed E-state index contributed by atoms with van der Waals surface area (Å²) in [7, 11) is 0. The Morgan fingerprint density at radius 1 is 0.892 bits per heavy atom.